The number of nitrogens with zero attached hydrogens (tertiary/aromatic N) is 1. The lowest BCUT2D eigenvalue weighted by molar-refractivity contribution is 0.0657. The smallest absolute Gasteiger partial charge is 0.0450 e. The van der Waals surface area contributed by atoms with E-state index in [1.807, 2.05) is 0 Å². The molecule has 2 rings (SSSR count). The molecule has 1 aromatic rings. The Bertz CT molecular complexity index is 430. The van der Waals surface area contributed by atoms with Crippen LogP contribution in [0, 0.1) is 5.41 Å². The summed E-state index contributed by atoms with van der Waals surface area (Å²) in [4.78, 5) is 2.62. The molecular formula is C18H28N2. The highest BCUT2D eigenvalue weighted by Crippen LogP contribution is 2.29. The number of hydrogen-bond donors (Lipinski definition) is 1. The maximum Gasteiger partial charge on any atom is 0.0450 e. The summed E-state index contributed by atoms with van der Waals surface area (Å²) in [5.74, 6) is 0. The molecule has 1 fully saturated rings. The zero-order valence-corrected chi connectivity index (χ0v) is 13.3. The molecule has 1 aliphatic rings. The minimum absolute atomic E-state index is 0.302. The fraction of sp³-hybridized carbons (Fsp3) is 0.556. The lowest BCUT2D eigenvalue weighted by Gasteiger charge is -2.46. The Kier molecular flexibility index (Phi) is 5.00. The predicted octanol–water partition coefficient (Wildman–Crippen LogP) is 3.62. The summed E-state index contributed by atoms with van der Waals surface area (Å²) in [7, 11) is 0. The molecular weight excluding hydrogens is 244 g/mol. The van der Waals surface area contributed by atoms with Crippen LogP contribution >= 0.6 is 0 Å². The van der Waals surface area contributed by atoms with Gasteiger partial charge in [0.05, 0.1) is 0 Å². The fourth-order valence-electron chi connectivity index (χ4n) is 3.01. The summed E-state index contributed by atoms with van der Waals surface area (Å²) in [6.45, 7) is 12.3. The normalized spacial score (nSPS) is 25.2. The second-order valence-corrected chi connectivity index (χ2v) is 6.78. The molecule has 0 aliphatic carbocycles. The van der Waals surface area contributed by atoms with E-state index in [0.29, 0.717) is 17.5 Å². The Morgan fingerprint density at radius 3 is 2.55 bits per heavy atom. The summed E-state index contributed by atoms with van der Waals surface area (Å²) in [6, 6.07) is 11.8. The van der Waals surface area contributed by atoms with Crippen LogP contribution in [-0.2, 0) is 0 Å². The molecule has 20 heavy (non-hydrogen) atoms. The SMILES string of the molecule is C/C=C/CN1CC(c2ccccc2)NCC1C(C)(C)C. The first kappa shape index (κ1) is 15.3. The molecule has 1 saturated heterocycles. The molecule has 0 saturated carbocycles. The molecule has 2 unspecified atom stereocenters. The summed E-state index contributed by atoms with van der Waals surface area (Å²) in [5, 5.41) is 3.73. The highest BCUT2D eigenvalue weighted by atomic mass is 15.2. The third-order valence-electron chi connectivity index (χ3n) is 4.19. The molecule has 0 bridgehead atoms. The van der Waals surface area contributed by atoms with Crippen LogP contribution in [0.5, 0.6) is 0 Å². The third-order valence-corrected chi connectivity index (χ3v) is 4.19. The largest absolute Gasteiger partial charge is 0.307 e. The molecule has 110 valence electrons. The zero-order chi connectivity index (χ0) is 14.6. The highest BCUT2D eigenvalue weighted by molar-refractivity contribution is 5.20. The zero-order valence-electron chi connectivity index (χ0n) is 13.3. The van der Waals surface area contributed by atoms with E-state index in [2.05, 4.69) is 80.4 Å². The van der Waals surface area contributed by atoms with Crippen LogP contribution in [0.1, 0.15) is 39.3 Å². The number of nitrogens with one attached hydrogen (secondary N) is 1. The summed E-state index contributed by atoms with van der Waals surface area (Å²) in [5.41, 5.74) is 1.70. The molecule has 0 aromatic heterocycles. The number of benzene rings is 1. The van der Waals surface area contributed by atoms with E-state index in [1.165, 1.54) is 5.56 Å². The van der Waals surface area contributed by atoms with Gasteiger partial charge in [0.15, 0.2) is 0 Å². The Labute approximate surface area is 123 Å². The molecule has 1 aliphatic heterocycles. The van der Waals surface area contributed by atoms with E-state index in [1.54, 1.807) is 0 Å². The van der Waals surface area contributed by atoms with Gasteiger partial charge in [0, 0.05) is 31.7 Å². The molecule has 2 heteroatoms. The maximum absolute atomic E-state index is 3.73. The van der Waals surface area contributed by atoms with Crippen molar-refractivity contribution in [3.63, 3.8) is 0 Å². The van der Waals surface area contributed by atoms with Crippen LogP contribution in [0.25, 0.3) is 0 Å². The maximum atomic E-state index is 3.73. The van der Waals surface area contributed by atoms with Crippen molar-refractivity contribution < 1.29 is 0 Å². The number of hydrogen-bond acceptors (Lipinski definition) is 2. The van der Waals surface area contributed by atoms with E-state index in [4.69, 9.17) is 0 Å². The van der Waals surface area contributed by atoms with Crippen LogP contribution in [0.4, 0.5) is 0 Å². The lowest BCUT2D eigenvalue weighted by Crippen LogP contribution is -2.57. The standard InChI is InChI=1S/C18H28N2/c1-5-6-12-20-14-16(15-10-8-7-9-11-15)19-13-17(20)18(2,3)4/h5-11,16-17,19H,12-14H2,1-4H3/b6-5+. The van der Waals surface area contributed by atoms with Crippen molar-refractivity contribution in [2.75, 3.05) is 19.6 Å². The van der Waals surface area contributed by atoms with E-state index < -0.39 is 0 Å². The Morgan fingerprint density at radius 1 is 1.25 bits per heavy atom. The molecule has 1 heterocycles. The summed E-state index contributed by atoms with van der Waals surface area (Å²) >= 11 is 0. The number of allylic oxidation sites excluding steroid dienone is 1. The van der Waals surface area contributed by atoms with Crippen molar-refractivity contribution in [1.29, 1.82) is 0 Å². The Balaban J connectivity index is 2.13. The van der Waals surface area contributed by atoms with Crippen LogP contribution in [0.2, 0.25) is 0 Å². The van der Waals surface area contributed by atoms with Gasteiger partial charge in [0.1, 0.15) is 0 Å². The van der Waals surface area contributed by atoms with Crippen LogP contribution in [-0.4, -0.2) is 30.6 Å². The van der Waals surface area contributed by atoms with Gasteiger partial charge in [0.25, 0.3) is 0 Å². The quantitative estimate of drug-likeness (QED) is 0.845. The highest BCUT2D eigenvalue weighted by Gasteiger charge is 2.35. The lowest BCUT2D eigenvalue weighted by atomic mass is 9.83. The molecule has 1 N–H and O–H groups in total. The molecule has 1 aromatic carbocycles. The first-order valence-electron chi connectivity index (χ1n) is 7.66. The molecule has 0 amide bonds. The molecule has 2 nitrogen and oxygen atoms in total. The topological polar surface area (TPSA) is 15.3 Å². The molecule has 2 atom stereocenters. The van der Waals surface area contributed by atoms with Gasteiger partial charge in [-0.25, -0.2) is 0 Å². The number of piperazine rings is 1. The summed E-state index contributed by atoms with van der Waals surface area (Å²) < 4.78 is 0. The van der Waals surface area contributed by atoms with Gasteiger partial charge < -0.3 is 5.32 Å². The predicted molar refractivity (Wildman–Crippen MR) is 86.8 cm³/mol. The van der Waals surface area contributed by atoms with Gasteiger partial charge in [-0.05, 0) is 17.9 Å². The third kappa shape index (κ3) is 3.71. The van der Waals surface area contributed by atoms with Gasteiger partial charge in [-0.15, -0.1) is 0 Å². The van der Waals surface area contributed by atoms with Crippen molar-refractivity contribution >= 4 is 0 Å². The number of rotatable bonds is 3. The average molecular weight is 272 g/mol. The van der Waals surface area contributed by atoms with Crippen molar-refractivity contribution in [2.45, 2.75) is 39.8 Å². The Hall–Kier alpha value is -1.12. The van der Waals surface area contributed by atoms with Crippen molar-refractivity contribution in [3.8, 4) is 0 Å². The molecule has 0 spiro atoms. The van der Waals surface area contributed by atoms with Crippen LogP contribution in [0.15, 0.2) is 42.5 Å². The van der Waals surface area contributed by atoms with Crippen LogP contribution in [0.3, 0.4) is 0 Å². The average Bonchev–Trinajstić information content (AvgIpc) is 2.44. The minimum atomic E-state index is 0.302. The van der Waals surface area contributed by atoms with E-state index in [-0.39, 0.29) is 0 Å². The van der Waals surface area contributed by atoms with Crippen molar-refractivity contribution in [1.82, 2.24) is 10.2 Å². The first-order valence-corrected chi connectivity index (χ1v) is 7.66. The van der Waals surface area contributed by atoms with Crippen molar-refractivity contribution in [2.24, 2.45) is 5.41 Å². The fourth-order valence-corrected chi connectivity index (χ4v) is 3.01. The minimum Gasteiger partial charge on any atom is -0.307 e. The Morgan fingerprint density at radius 2 is 1.95 bits per heavy atom. The monoisotopic (exact) mass is 272 g/mol. The molecule has 0 radical (unpaired) electrons. The van der Waals surface area contributed by atoms with Gasteiger partial charge in [-0.2, -0.15) is 0 Å². The van der Waals surface area contributed by atoms with E-state index >= 15 is 0 Å². The van der Waals surface area contributed by atoms with Gasteiger partial charge in [0.2, 0.25) is 0 Å². The van der Waals surface area contributed by atoms with Gasteiger partial charge in [-0.3, -0.25) is 4.90 Å². The first-order chi connectivity index (χ1) is 9.52. The summed E-state index contributed by atoms with van der Waals surface area (Å²) in [6.07, 6.45) is 4.42. The second-order valence-electron chi connectivity index (χ2n) is 6.78. The van der Waals surface area contributed by atoms with Gasteiger partial charge >= 0.3 is 0 Å². The van der Waals surface area contributed by atoms with E-state index in [0.717, 1.165) is 19.6 Å². The van der Waals surface area contributed by atoms with E-state index in [9.17, 15) is 0 Å². The van der Waals surface area contributed by atoms with Gasteiger partial charge in [-0.1, -0.05) is 63.3 Å². The second kappa shape index (κ2) is 6.55. The van der Waals surface area contributed by atoms with Crippen molar-refractivity contribution in [3.05, 3.63) is 48.0 Å². The van der Waals surface area contributed by atoms with Crippen LogP contribution < -0.4 is 5.32 Å².